The zero-order valence-corrected chi connectivity index (χ0v) is 69.2. The maximum absolute atomic E-state index is 14.2. The molecule has 636 valence electrons. The highest BCUT2D eigenvalue weighted by molar-refractivity contribution is 7.88. The Balaban J connectivity index is 0.000000141. The van der Waals surface area contributed by atoms with Crippen LogP contribution in [0.2, 0.25) is 15.1 Å². The predicted molar refractivity (Wildman–Crippen MR) is 424 cm³/mol. The van der Waals surface area contributed by atoms with E-state index < -0.39 is 153 Å². The van der Waals surface area contributed by atoms with Crippen LogP contribution in [0.4, 0.5) is 43.4 Å². The molecule has 3 aliphatic carbocycles. The number of amides is 8. The summed E-state index contributed by atoms with van der Waals surface area (Å²) < 4.78 is 119. The summed E-state index contributed by atoms with van der Waals surface area (Å²) in [6.45, 7) is 14.3. The molecule has 0 radical (unpaired) electrons. The fraction of sp³-hybridized carbons (Fsp3) is 0.469. The number of aromatic amines is 1. The Bertz CT molecular complexity index is 5680. The number of hydrogen-bond acceptors (Lipinski definition) is 16. The molecule has 7 fully saturated rings. The number of hydrogen-bond donors (Lipinski definition) is 7. The summed E-state index contributed by atoms with van der Waals surface area (Å²) >= 11 is 18.6. The van der Waals surface area contributed by atoms with E-state index in [1.165, 1.54) is 20.3 Å². The number of benzene rings is 3. The number of halogens is 9. The zero-order valence-electron chi connectivity index (χ0n) is 66.1. The van der Waals surface area contributed by atoms with E-state index in [2.05, 4.69) is 47.3 Å². The monoisotopic (exact) mass is 1740 g/mol. The Morgan fingerprint density at radius 2 is 0.800 bits per heavy atom. The van der Waals surface area contributed by atoms with Gasteiger partial charge in [0.15, 0.2) is 0 Å². The van der Waals surface area contributed by atoms with Gasteiger partial charge in [-0.1, -0.05) is 53.0 Å². The SMILES string of the molecule is Cc1ccc(NC(=O)c2c(C)c(C(=O)C(=O)NC3(C(=O)N4CC5(C4)CN(S(C)(=O)=O)C5)CC(F)(F)C3)c3n2CCC3)cc1Cl.Cc1ccc(NC(=O)c2c(C)c(C(=O)C(=O)NC3(C(=O)N4CC5(COC5)C4)CC(F)(F)C3)c3n2CCC3)cc1Cl.Cc1ccc(NC(=O)c2c(C)c(C(=O)C(=O)NC3(c4cn[nH]n4)CC(F)(F)C3)c3n2CCC3)cc1Cl. The number of aromatic nitrogens is 6. The van der Waals surface area contributed by atoms with Crippen LogP contribution in [0.15, 0.2) is 60.8 Å². The first-order valence-electron chi connectivity index (χ1n) is 38.9. The van der Waals surface area contributed by atoms with E-state index in [0.29, 0.717) is 145 Å². The molecule has 0 unspecified atom stereocenters. The second-order valence-corrected chi connectivity index (χ2v) is 37.0. The normalized spacial score (nSPS) is 19.9. The van der Waals surface area contributed by atoms with Crippen LogP contribution in [0.3, 0.4) is 0 Å². The minimum absolute atomic E-state index is 0.0269. The number of alkyl halides is 6. The first-order valence-corrected chi connectivity index (χ1v) is 41.9. The number of sulfonamides is 1. The molecule has 39 heteroatoms. The molecule has 0 atom stereocenters. The van der Waals surface area contributed by atoms with Crippen molar-refractivity contribution in [2.75, 3.05) is 74.7 Å². The van der Waals surface area contributed by atoms with Gasteiger partial charge in [0.1, 0.15) is 33.9 Å². The van der Waals surface area contributed by atoms with Crippen molar-refractivity contribution in [1.82, 2.24) is 59.2 Å². The summed E-state index contributed by atoms with van der Waals surface area (Å²) in [6.07, 6.45) is 0.755. The van der Waals surface area contributed by atoms with E-state index in [1.54, 1.807) is 89.1 Å². The van der Waals surface area contributed by atoms with Gasteiger partial charge in [0.2, 0.25) is 21.8 Å². The van der Waals surface area contributed by atoms with Gasteiger partial charge in [-0.25, -0.2) is 39.1 Å². The number of Topliss-reactive ketones (excluding diaryl/α,β-unsaturated/α-hetero) is 3. The molecular weight excluding hydrogens is 1660 g/mol. The minimum atomic E-state index is -3.37. The smallest absolute Gasteiger partial charge is 0.293 e. The van der Waals surface area contributed by atoms with Gasteiger partial charge in [-0.15, -0.1) is 0 Å². The van der Waals surface area contributed by atoms with Crippen LogP contribution < -0.4 is 31.9 Å². The van der Waals surface area contributed by atoms with E-state index in [1.807, 2.05) is 20.8 Å². The molecule has 11 heterocycles. The topological polar surface area (TPSA) is 369 Å². The zero-order chi connectivity index (χ0) is 86.4. The van der Waals surface area contributed by atoms with E-state index >= 15 is 0 Å². The number of aryl methyl sites for hydroxylation is 3. The summed E-state index contributed by atoms with van der Waals surface area (Å²) in [5.74, 6) is -18.2. The fourth-order valence-corrected chi connectivity index (χ4v) is 20.2. The van der Waals surface area contributed by atoms with Gasteiger partial charge < -0.3 is 60.1 Å². The highest BCUT2D eigenvalue weighted by Gasteiger charge is 2.68. The predicted octanol–water partition coefficient (Wildman–Crippen LogP) is 9.51. The van der Waals surface area contributed by atoms with Crippen molar-refractivity contribution in [2.45, 2.75) is 173 Å². The Hall–Kier alpha value is -10.3. The minimum Gasteiger partial charge on any atom is -0.380 e. The number of fused-ring (bicyclic) bond motifs is 3. The van der Waals surface area contributed by atoms with Crippen molar-refractivity contribution < 1.29 is 92.2 Å². The number of carbonyl (C=O) groups excluding carboxylic acids is 11. The van der Waals surface area contributed by atoms with Gasteiger partial charge in [-0.05, 0) is 150 Å². The number of carbonyl (C=O) groups is 11. The van der Waals surface area contributed by atoms with E-state index in [0.717, 1.165) is 22.9 Å². The average Bonchev–Trinajstić information content (AvgIpc) is 1.11. The van der Waals surface area contributed by atoms with Gasteiger partial charge >= 0.3 is 0 Å². The number of anilines is 3. The second kappa shape index (κ2) is 30.4. The number of ether oxygens (including phenoxy) is 1. The first-order chi connectivity index (χ1) is 56.3. The number of rotatable bonds is 19. The van der Waals surface area contributed by atoms with E-state index in [4.69, 9.17) is 39.5 Å². The third-order valence-corrected chi connectivity index (χ3v) is 27.0. The molecule has 8 amide bonds. The summed E-state index contributed by atoms with van der Waals surface area (Å²) in [5, 5.41) is 26.9. The lowest BCUT2D eigenvalue weighted by atomic mass is 9.68. The van der Waals surface area contributed by atoms with Crippen LogP contribution in [-0.2, 0) is 83.2 Å². The summed E-state index contributed by atoms with van der Waals surface area (Å²) in [4.78, 5) is 150. The highest BCUT2D eigenvalue weighted by Crippen LogP contribution is 2.53. The molecule has 2 spiro atoms. The summed E-state index contributed by atoms with van der Waals surface area (Å²) in [7, 11) is -3.37. The highest BCUT2D eigenvalue weighted by atomic mass is 35.5. The van der Waals surface area contributed by atoms with Crippen molar-refractivity contribution in [1.29, 1.82) is 0 Å². The van der Waals surface area contributed by atoms with Crippen molar-refractivity contribution in [3.63, 3.8) is 0 Å². The fourth-order valence-electron chi connectivity index (χ4n) is 18.7. The quantitative estimate of drug-likeness (QED) is 0.0225. The second-order valence-electron chi connectivity index (χ2n) is 33.8. The van der Waals surface area contributed by atoms with Gasteiger partial charge in [-0.3, -0.25) is 52.7 Å². The molecule has 4 aromatic heterocycles. The number of nitrogens with one attached hydrogen (secondary N) is 7. The number of likely N-dealkylation sites (tertiary alicyclic amines) is 2. The van der Waals surface area contributed by atoms with Gasteiger partial charge in [0.25, 0.3) is 70.6 Å². The molecule has 10 aliphatic rings. The number of nitrogens with zero attached hydrogens (tertiary/aromatic N) is 8. The van der Waals surface area contributed by atoms with E-state index in [-0.39, 0.29) is 76.6 Å². The molecule has 0 bridgehead atoms. The van der Waals surface area contributed by atoms with Crippen molar-refractivity contribution in [3.05, 3.63) is 166 Å². The lowest BCUT2D eigenvalue weighted by Crippen LogP contribution is -2.78. The van der Waals surface area contributed by atoms with Crippen LogP contribution in [0.25, 0.3) is 0 Å². The standard InChI is InChI=1S/C29H32ClF2N5O6S.C28H29ClF2N4O5.C24H23ClF2N6O3/c1-16-6-7-18(9-19(16)30)33-24(39)22-17(2)21(20-5-4-8-37(20)22)23(38)25(40)34-28(10-29(31,32)11-28)26(41)35-12-27(13-35)14-36(15-27)44(3,42)43;1-15-5-6-17(8-18(15)29)32-23(37)21-16(2)20(19-4-3-7-35(19)21)22(36)24(38)33-27(9-28(30,31)10-27)25(39)34-11-26(12-34)13-40-14-26;1-12-5-6-14(8-15(12)25)29-21(35)19-13(2)18(16-4-3-7-33(16)19)20(34)22(36)30-23(10-24(26,27)11-23)17-9-28-32-31-17/h6-7,9H,4-5,8,10-15H2,1-3H3,(H,33,39)(H,34,40);5-6,8H,3-4,7,9-14H2,1-2H3,(H,32,37)(H,33,38);5-6,8-9H,3-4,7,10-11H2,1-2H3,(H,29,35)(H,30,36)(H,28,31,32). The first kappa shape index (κ1) is 84.7. The summed E-state index contributed by atoms with van der Waals surface area (Å²) in [6, 6.07) is 15.3. The molecular formula is C81H84Cl3F6N15O14S. The lowest BCUT2D eigenvalue weighted by molar-refractivity contribution is -0.211. The maximum Gasteiger partial charge on any atom is 0.293 e. The van der Waals surface area contributed by atoms with Crippen LogP contribution in [-0.4, -0.2) is 204 Å². The average molecular weight is 1740 g/mol. The van der Waals surface area contributed by atoms with Crippen LogP contribution in [0.1, 0.15) is 176 Å². The Morgan fingerprint density at radius 1 is 0.467 bits per heavy atom. The molecule has 7 N–H and O–H groups in total. The molecule has 17 rings (SSSR count). The Kier molecular flexibility index (Phi) is 21.5. The van der Waals surface area contributed by atoms with E-state index in [9.17, 15) is 87.5 Å². The van der Waals surface area contributed by atoms with Crippen LogP contribution >= 0.6 is 34.8 Å². The van der Waals surface area contributed by atoms with Crippen LogP contribution in [0, 0.1) is 52.4 Å². The molecule has 120 heavy (non-hydrogen) atoms. The molecule has 29 nitrogen and oxygen atoms in total. The lowest BCUT2D eigenvalue weighted by Gasteiger charge is -2.61. The van der Waals surface area contributed by atoms with Crippen molar-refractivity contribution >= 4 is 126 Å². The van der Waals surface area contributed by atoms with Gasteiger partial charge in [0, 0.05) is 152 Å². The van der Waals surface area contributed by atoms with Gasteiger partial charge in [-0.2, -0.15) is 15.4 Å². The Morgan fingerprint density at radius 3 is 1.09 bits per heavy atom. The summed E-state index contributed by atoms with van der Waals surface area (Å²) in [5.41, 5.74) is 1.77. The van der Waals surface area contributed by atoms with Crippen LogP contribution in [0.5, 0.6) is 0 Å². The number of H-pyrrole nitrogens is 1. The Labute approximate surface area is 698 Å². The largest absolute Gasteiger partial charge is 0.380 e. The third kappa shape index (κ3) is 15.4. The molecule has 7 aromatic rings. The van der Waals surface area contributed by atoms with Gasteiger partial charge in [0.05, 0.1) is 53.3 Å². The van der Waals surface area contributed by atoms with Crippen molar-refractivity contribution in [3.8, 4) is 0 Å². The molecule has 3 aromatic carbocycles. The molecule has 7 aliphatic heterocycles. The van der Waals surface area contributed by atoms with Crippen molar-refractivity contribution in [2.24, 2.45) is 10.8 Å². The number of ketones is 3. The molecule has 3 saturated carbocycles. The third-order valence-electron chi connectivity index (χ3n) is 24.6. The maximum atomic E-state index is 14.2. The molecule has 4 saturated heterocycles.